The lowest BCUT2D eigenvalue weighted by atomic mass is 9.90. The van der Waals surface area contributed by atoms with Crippen LogP contribution in [0.1, 0.15) is 36.6 Å². The second-order valence-electron chi connectivity index (χ2n) is 7.89. The lowest BCUT2D eigenvalue weighted by molar-refractivity contribution is -0.231. The van der Waals surface area contributed by atoms with Crippen molar-refractivity contribution >= 4 is 11.6 Å². The standard InChI is InChI=1S/C21H25ClO6.C3H8O2.H2O/c1-2-27-15-6-3-12(4-7-15)9-14-10-13(5-8-16(14)22)21-20(26)19(25)18(24)17(11-23)28-21;1-3(5)2-4;/h3-8,10,17-21,23-26H,2,9,11H2,1H3;3-5H,2H2,1H3;1H2/t17?,18-,19?,20-,21?;3-;/m10./s1. The summed E-state index contributed by atoms with van der Waals surface area (Å²) in [5.41, 5.74) is 2.49. The van der Waals surface area contributed by atoms with Crippen molar-refractivity contribution in [1.29, 1.82) is 0 Å². The van der Waals surface area contributed by atoms with Crippen molar-refractivity contribution in [3.8, 4) is 5.75 Å². The summed E-state index contributed by atoms with van der Waals surface area (Å²) in [6, 6.07) is 12.9. The van der Waals surface area contributed by atoms with Crippen LogP contribution in [0.5, 0.6) is 5.75 Å². The molecule has 1 fully saturated rings. The van der Waals surface area contributed by atoms with E-state index in [0.717, 1.165) is 16.9 Å². The van der Waals surface area contributed by atoms with Crippen LogP contribution in [0.4, 0.5) is 0 Å². The lowest BCUT2D eigenvalue weighted by Gasteiger charge is -2.40. The number of aliphatic hydroxyl groups excluding tert-OH is 6. The van der Waals surface area contributed by atoms with Gasteiger partial charge in [-0.05, 0) is 55.2 Å². The van der Waals surface area contributed by atoms with Crippen LogP contribution in [0.25, 0.3) is 0 Å². The van der Waals surface area contributed by atoms with E-state index in [4.69, 9.17) is 31.3 Å². The van der Waals surface area contributed by atoms with Gasteiger partial charge in [0.1, 0.15) is 36.3 Å². The van der Waals surface area contributed by atoms with Gasteiger partial charge in [0.05, 0.1) is 25.9 Å². The molecule has 3 unspecified atom stereocenters. The molecule has 0 spiro atoms. The van der Waals surface area contributed by atoms with Gasteiger partial charge in [0.25, 0.3) is 0 Å². The normalized spacial score (nSPS) is 24.9. The molecule has 2 aromatic rings. The highest BCUT2D eigenvalue weighted by molar-refractivity contribution is 6.31. The van der Waals surface area contributed by atoms with E-state index in [2.05, 4.69) is 0 Å². The third-order valence-corrected chi connectivity index (χ3v) is 5.55. The molecule has 2 aromatic carbocycles. The van der Waals surface area contributed by atoms with Gasteiger partial charge in [-0.15, -0.1) is 0 Å². The molecule has 0 aromatic heterocycles. The van der Waals surface area contributed by atoms with Gasteiger partial charge in [-0.1, -0.05) is 35.9 Å². The third kappa shape index (κ3) is 8.16. The average Bonchev–Trinajstić information content (AvgIpc) is 2.81. The molecular weight excluding hydrogens is 468 g/mol. The Morgan fingerprint density at radius 2 is 1.62 bits per heavy atom. The molecule has 6 atom stereocenters. The van der Waals surface area contributed by atoms with Gasteiger partial charge in [0, 0.05) is 5.02 Å². The summed E-state index contributed by atoms with van der Waals surface area (Å²) in [5.74, 6) is 0.799. The Morgan fingerprint density at radius 3 is 2.15 bits per heavy atom. The van der Waals surface area contributed by atoms with Crippen LogP contribution in [0.15, 0.2) is 42.5 Å². The Labute approximate surface area is 204 Å². The third-order valence-electron chi connectivity index (χ3n) is 5.18. The first-order chi connectivity index (χ1) is 15.7. The van der Waals surface area contributed by atoms with Crippen LogP contribution in [0.3, 0.4) is 0 Å². The molecule has 1 heterocycles. The number of ether oxygens (including phenoxy) is 2. The van der Waals surface area contributed by atoms with E-state index in [-0.39, 0.29) is 12.1 Å². The first-order valence-corrected chi connectivity index (χ1v) is 11.2. The first kappa shape index (κ1) is 30.2. The van der Waals surface area contributed by atoms with Crippen molar-refractivity contribution in [2.75, 3.05) is 19.8 Å². The minimum absolute atomic E-state index is 0. The summed E-state index contributed by atoms with van der Waals surface area (Å²) >= 11 is 6.35. The topological polar surface area (TPSA) is 171 Å². The molecule has 0 amide bonds. The molecule has 1 saturated heterocycles. The van der Waals surface area contributed by atoms with Crippen molar-refractivity contribution in [3.63, 3.8) is 0 Å². The van der Waals surface area contributed by atoms with Gasteiger partial charge >= 0.3 is 0 Å². The predicted molar refractivity (Wildman–Crippen MR) is 127 cm³/mol. The second-order valence-corrected chi connectivity index (χ2v) is 8.29. The van der Waals surface area contributed by atoms with Crippen molar-refractivity contribution in [3.05, 3.63) is 64.2 Å². The van der Waals surface area contributed by atoms with E-state index in [1.54, 1.807) is 12.1 Å². The zero-order valence-electron chi connectivity index (χ0n) is 19.2. The van der Waals surface area contributed by atoms with E-state index >= 15 is 0 Å². The van der Waals surface area contributed by atoms with E-state index in [1.165, 1.54) is 6.92 Å². The van der Waals surface area contributed by atoms with Crippen LogP contribution in [-0.2, 0) is 11.2 Å². The van der Waals surface area contributed by atoms with Gasteiger partial charge in [-0.2, -0.15) is 0 Å². The fourth-order valence-corrected chi connectivity index (χ4v) is 3.56. The van der Waals surface area contributed by atoms with Crippen molar-refractivity contribution in [1.82, 2.24) is 0 Å². The smallest absolute Gasteiger partial charge is 0.119 e. The quantitative estimate of drug-likeness (QED) is 0.315. The van der Waals surface area contributed by atoms with Crippen molar-refractivity contribution in [2.24, 2.45) is 0 Å². The Hall–Kier alpha value is -1.79. The second kappa shape index (κ2) is 14.6. The number of hydrogen-bond donors (Lipinski definition) is 6. The van der Waals surface area contributed by atoms with Crippen LogP contribution in [0.2, 0.25) is 5.02 Å². The Kier molecular flexibility index (Phi) is 13.0. The minimum atomic E-state index is -1.42. The van der Waals surface area contributed by atoms with Crippen molar-refractivity contribution < 1.29 is 45.6 Å². The fraction of sp³-hybridized carbons (Fsp3) is 0.500. The zero-order valence-corrected chi connectivity index (χ0v) is 20.0. The molecule has 8 N–H and O–H groups in total. The van der Waals surface area contributed by atoms with Gasteiger partial charge in [-0.3, -0.25) is 0 Å². The Bertz CT molecular complexity index is 845. The van der Waals surface area contributed by atoms with Crippen LogP contribution in [0, 0.1) is 0 Å². The molecule has 0 aliphatic carbocycles. The summed E-state index contributed by atoms with van der Waals surface area (Å²) in [4.78, 5) is 0. The van der Waals surface area contributed by atoms with Crippen LogP contribution >= 0.6 is 11.6 Å². The maximum atomic E-state index is 10.3. The monoisotopic (exact) mass is 502 g/mol. The van der Waals surface area contributed by atoms with E-state index in [9.17, 15) is 20.4 Å². The number of rotatable bonds is 7. The molecule has 0 radical (unpaired) electrons. The average molecular weight is 503 g/mol. The molecule has 0 bridgehead atoms. The molecule has 10 heteroatoms. The van der Waals surface area contributed by atoms with Gasteiger partial charge in [0.15, 0.2) is 0 Å². The lowest BCUT2D eigenvalue weighted by Crippen LogP contribution is -2.55. The summed E-state index contributed by atoms with van der Waals surface area (Å²) in [6.07, 6.45) is -5.95. The highest BCUT2D eigenvalue weighted by atomic mass is 35.5. The molecule has 1 aliphatic rings. The van der Waals surface area contributed by atoms with Crippen LogP contribution in [-0.4, -0.2) is 86.5 Å². The number of halogens is 1. The van der Waals surface area contributed by atoms with Gasteiger partial charge < -0.3 is 45.6 Å². The predicted octanol–water partition coefficient (Wildman–Crippen LogP) is 0.379. The maximum Gasteiger partial charge on any atom is 0.119 e. The minimum Gasteiger partial charge on any atom is -0.494 e. The molecule has 3 rings (SSSR count). The SMILES string of the molecule is CCOc1ccc(Cc2cc(C3OC(CO)[C@@H](O)C(O)[C@H]3O)ccc2Cl)cc1.C[C@H](O)CO.O. The first-order valence-electron chi connectivity index (χ1n) is 10.8. The molecule has 34 heavy (non-hydrogen) atoms. The molecule has 1 aliphatic heterocycles. The summed E-state index contributed by atoms with van der Waals surface area (Å²) in [6.45, 7) is 3.46. The van der Waals surface area contributed by atoms with E-state index in [1.807, 2.05) is 37.3 Å². The number of hydrogen-bond acceptors (Lipinski definition) is 8. The molecule has 0 saturated carbocycles. The van der Waals surface area contributed by atoms with Crippen LogP contribution < -0.4 is 4.74 Å². The van der Waals surface area contributed by atoms with Gasteiger partial charge in [-0.25, -0.2) is 0 Å². The molecule has 192 valence electrons. The number of benzene rings is 2. The molecular formula is C24H35ClO9. The summed E-state index contributed by atoms with van der Waals surface area (Å²) < 4.78 is 11.1. The van der Waals surface area contributed by atoms with Crippen molar-refractivity contribution in [2.45, 2.75) is 56.9 Å². The van der Waals surface area contributed by atoms with E-state index in [0.29, 0.717) is 23.6 Å². The van der Waals surface area contributed by atoms with Gasteiger partial charge in [0.2, 0.25) is 0 Å². The molecule has 9 nitrogen and oxygen atoms in total. The number of aliphatic hydroxyl groups is 6. The Balaban J connectivity index is 0.000000873. The summed E-state index contributed by atoms with van der Waals surface area (Å²) in [7, 11) is 0. The Morgan fingerprint density at radius 1 is 1.00 bits per heavy atom. The largest absolute Gasteiger partial charge is 0.494 e. The fourth-order valence-electron chi connectivity index (χ4n) is 3.37. The zero-order chi connectivity index (χ0) is 24.5. The van der Waals surface area contributed by atoms with E-state index < -0.39 is 43.2 Å². The maximum absolute atomic E-state index is 10.3. The highest BCUT2D eigenvalue weighted by Crippen LogP contribution is 2.34. The highest BCUT2D eigenvalue weighted by Gasteiger charge is 2.44. The summed E-state index contributed by atoms with van der Waals surface area (Å²) in [5, 5.41) is 56.3.